The van der Waals surface area contributed by atoms with Crippen LogP contribution in [0.2, 0.25) is 0 Å². The van der Waals surface area contributed by atoms with E-state index in [1.54, 1.807) is 18.2 Å². The fraction of sp³-hybridized carbons (Fsp3) is 0.389. The molecule has 0 unspecified atom stereocenters. The van der Waals surface area contributed by atoms with Crippen molar-refractivity contribution in [3.8, 4) is 0 Å². The van der Waals surface area contributed by atoms with Crippen molar-refractivity contribution in [3.63, 3.8) is 0 Å². The van der Waals surface area contributed by atoms with E-state index in [-0.39, 0.29) is 17.9 Å². The molecule has 0 aliphatic carbocycles. The molecule has 1 saturated heterocycles. The zero-order chi connectivity index (χ0) is 18.6. The third kappa shape index (κ3) is 3.97. The quantitative estimate of drug-likeness (QED) is 0.630. The number of amides is 1. The summed E-state index contributed by atoms with van der Waals surface area (Å²) < 4.78 is 0. The zero-order valence-corrected chi connectivity index (χ0v) is 14.9. The molecular formula is C18H21N7O2. The van der Waals surface area contributed by atoms with Gasteiger partial charge in [0.15, 0.2) is 0 Å². The van der Waals surface area contributed by atoms with Crippen molar-refractivity contribution in [2.45, 2.75) is 32.1 Å². The van der Waals surface area contributed by atoms with Crippen LogP contribution in [0, 0.1) is 0 Å². The summed E-state index contributed by atoms with van der Waals surface area (Å²) in [6.45, 7) is 1.87. The van der Waals surface area contributed by atoms with Gasteiger partial charge in [-0.2, -0.15) is 4.98 Å². The third-order valence-corrected chi connectivity index (χ3v) is 4.62. The average Bonchev–Trinajstić information content (AvgIpc) is 3.16. The van der Waals surface area contributed by atoms with Gasteiger partial charge >= 0.3 is 0 Å². The van der Waals surface area contributed by atoms with E-state index in [0.717, 1.165) is 25.9 Å². The minimum atomic E-state index is -0.216. The van der Waals surface area contributed by atoms with Crippen molar-refractivity contribution in [1.29, 1.82) is 0 Å². The first-order chi connectivity index (χ1) is 13.2. The number of hydrogen-bond donors (Lipinski definition) is 3. The van der Waals surface area contributed by atoms with Gasteiger partial charge in [0.05, 0.1) is 10.9 Å². The van der Waals surface area contributed by atoms with Crippen LogP contribution in [0.3, 0.4) is 0 Å². The van der Waals surface area contributed by atoms with Crippen LogP contribution in [0.15, 0.2) is 29.1 Å². The lowest BCUT2D eigenvalue weighted by Gasteiger charge is -2.24. The van der Waals surface area contributed by atoms with E-state index >= 15 is 0 Å². The predicted octanol–water partition coefficient (Wildman–Crippen LogP) is 1.60. The van der Waals surface area contributed by atoms with E-state index in [2.05, 4.69) is 35.4 Å². The number of hydrogen-bond acceptors (Lipinski definition) is 6. The molecule has 4 rings (SSSR count). The minimum Gasteiger partial charge on any atom is -0.340 e. The first kappa shape index (κ1) is 17.2. The van der Waals surface area contributed by atoms with E-state index in [1.807, 2.05) is 6.07 Å². The van der Waals surface area contributed by atoms with Crippen molar-refractivity contribution < 1.29 is 4.79 Å². The number of aryl methyl sites for hydroxylation is 1. The van der Waals surface area contributed by atoms with Gasteiger partial charge in [-0.1, -0.05) is 12.1 Å². The van der Waals surface area contributed by atoms with Gasteiger partial charge in [-0.3, -0.25) is 14.9 Å². The summed E-state index contributed by atoms with van der Waals surface area (Å²) >= 11 is 0. The highest BCUT2D eigenvalue weighted by molar-refractivity contribution is 5.89. The largest absolute Gasteiger partial charge is 0.340 e. The lowest BCUT2D eigenvalue weighted by atomic mass is 10.1. The number of benzene rings is 1. The topological polar surface area (TPSA) is 120 Å². The highest BCUT2D eigenvalue weighted by atomic mass is 16.1. The first-order valence-corrected chi connectivity index (χ1v) is 9.14. The number of aromatic nitrogens is 5. The molecule has 3 aromatic rings. The van der Waals surface area contributed by atoms with Crippen LogP contribution < -0.4 is 15.8 Å². The molecule has 0 bridgehead atoms. The second-order valence-corrected chi connectivity index (χ2v) is 6.61. The molecule has 3 heterocycles. The van der Waals surface area contributed by atoms with Crippen LogP contribution in [-0.4, -0.2) is 44.1 Å². The lowest BCUT2D eigenvalue weighted by Crippen LogP contribution is -2.30. The highest BCUT2D eigenvalue weighted by Gasteiger charge is 2.16. The van der Waals surface area contributed by atoms with Crippen molar-refractivity contribution in [2.75, 3.05) is 23.3 Å². The van der Waals surface area contributed by atoms with Crippen molar-refractivity contribution in [2.24, 2.45) is 0 Å². The van der Waals surface area contributed by atoms with E-state index < -0.39 is 0 Å². The Labute approximate surface area is 155 Å². The maximum atomic E-state index is 12.2. The molecule has 1 aliphatic heterocycles. The van der Waals surface area contributed by atoms with E-state index in [9.17, 15) is 9.59 Å². The lowest BCUT2D eigenvalue weighted by molar-refractivity contribution is -0.116. The Morgan fingerprint density at radius 1 is 1.15 bits per heavy atom. The SMILES string of the molecule is O=C(CCc1nc2ccccc2c(=O)[nH]1)Nc1nc(N2CCCCC2)n[nH]1. The van der Waals surface area contributed by atoms with E-state index in [1.165, 1.54) is 6.42 Å². The number of para-hydroxylation sites is 1. The molecular weight excluding hydrogens is 346 g/mol. The fourth-order valence-electron chi connectivity index (χ4n) is 3.22. The molecule has 1 fully saturated rings. The summed E-state index contributed by atoms with van der Waals surface area (Å²) in [5.41, 5.74) is 0.426. The Hall–Kier alpha value is -3.23. The van der Waals surface area contributed by atoms with Crippen LogP contribution in [0.1, 0.15) is 31.5 Å². The number of carbonyl (C=O) groups is 1. The van der Waals surface area contributed by atoms with Crippen molar-refractivity contribution in [3.05, 3.63) is 40.4 Å². The Bertz CT molecular complexity index is 1000. The number of anilines is 2. The second-order valence-electron chi connectivity index (χ2n) is 6.61. The van der Waals surface area contributed by atoms with Crippen LogP contribution in [0.4, 0.5) is 11.9 Å². The summed E-state index contributed by atoms with van der Waals surface area (Å²) in [6, 6.07) is 7.13. The van der Waals surface area contributed by atoms with Gasteiger partial charge in [0.2, 0.25) is 17.8 Å². The predicted molar refractivity (Wildman–Crippen MR) is 102 cm³/mol. The number of nitrogens with one attached hydrogen (secondary N) is 3. The van der Waals surface area contributed by atoms with E-state index in [0.29, 0.717) is 35.0 Å². The van der Waals surface area contributed by atoms with E-state index in [4.69, 9.17) is 0 Å². The number of fused-ring (bicyclic) bond motifs is 1. The van der Waals surface area contributed by atoms with Gasteiger partial charge in [-0.25, -0.2) is 10.1 Å². The summed E-state index contributed by atoms with van der Waals surface area (Å²) in [5, 5.41) is 10.2. The Balaban J connectivity index is 1.36. The number of carbonyl (C=O) groups excluding carboxylic acids is 1. The molecule has 0 spiro atoms. The van der Waals surface area contributed by atoms with Crippen LogP contribution in [0.25, 0.3) is 10.9 Å². The number of H-pyrrole nitrogens is 2. The Morgan fingerprint density at radius 3 is 2.81 bits per heavy atom. The maximum Gasteiger partial charge on any atom is 0.258 e. The number of rotatable bonds is 5. The smallest absolute Gasteiger partial charge is 0.258 e. The van der Waals surface area contributed by atoms with Gasteiger partial charge in [-0.15, -0.1) is 5.10 Å². The maximum absolute atomic E-state index is 12.2. The van der Waals surface area contributed by atoms with Crippen molar-refractivity contribution >= 4 is 28.7 Å². The molecule has 0 radical (unpaired) electrons. The molecule has 0 atom stereocenters. The Morgan fingerprint density at radius 2 is 1.96 bits per heavy atom. The molecule has 140 valence electrons. The molecule has 9 nitrogen and oxygen atoms in total. The molecule has 27 heavy (non-hydrogen) atoms. The average molecular weight is 367 g/mol. The summed E-state index contributed by atoms with van der Waals surface area (Å²) in [4.78, 5) is 37.8. The molecule has 1 aromatic carbocycles. The first-order valence-electron chi connectivity index (χ1n) is 9.14. The molecule has 1 amide bonds. The molecule has 2 aromatic heterocycles. The van der Waals surface area contributed by atoms with Crippen LogP contribution in [-0.2, 0) is 11.2 Å². The summed E-state index contributed by atoms with van der Waals surface area (Å²) in [5.74, 6) is 1.22. The van der Waals surface area contributed by atoms with Gasteiger partial charge in [0, 0.05) is 25.9 Å². The molecule has 3 N–H and O–H groups in total. The fourth-order valence-corrected chi connectivity index (χ4v) is 3.22. The minimum absolute atomic E-state index is 0.182. The second kappa shape index (κ2) is 7.56. The standard InChI is InChI=1S/C18H21N7O2/c26-15(21-17-22-18(24-23-17)25-10-4-1-5-11-25)9-8-14-19-13-7-3-2-6-12(13)16(27)20-14/h2-3,6-7H,1,4-5,8-11H2,(H,19,20,27)(H2,21,22,23,24,26). The normalized spacial score (nSPS) is 14.4. The summed E-state index contributed by atoms with van der Waals surface area (Å²) in [7, 11) is 0. The monoisotopic (exact) mass is 367 g/mol. The third-order valence-electron chi connectivity index (χ3n) is 4.62. The molecule has 9 heteroatoms. The zero-order valence-electron chi connectivity index (χ0n) is 14.9. The molecule has 1 aliphatic rings. The van der Waals surface area contributed by atoms with Crippen LogP contribution >= 0.6 is 0 Å². The van der Waals surface area contributed by atoms with Gasteiger partial charge < -0.3 is 9.88 Å². The van der Waals surface area contributed by atoms with Crippen molar-refractivity contribution in [1.82, 2.24) is 25.1 Å². The number of nitrogens with zero attached hydrogens (tertiary/aromatic N) is 4. The number of aromatic amines is 2. The highest BCUT2D eigenvalue weighted by Crippen LogP contribution is 2.16. The van der Waals surface area contributed by atoms with Gasteiger partial charge in [0.1, 0.15) is 5.82 Å². The summed E-state index contributed by atoms with van der Waals surface area (Å²) in [6.07, 6.45) is 4.01. The van der Waals surface area contributed by atoms with Gasteiger partial charge in [-0.05, 0) is 31.4 Å². The Kier molecular flexibility index (Phi) is 4.82. The number of piperidine rings is 1. The van der Waals surface area contributed by atoms with Gasteiger partial charge in [0.25, 0.3) is 5.56 Å². The van der Waals surface area contributed by atoms with Crippen LogP contribution in [0.5, 0.6) is 0 Å². The molecule has 0 saturated carbocycles.